The molecular weight excluding hydrogens is 418 g/mol. The fourth-order valence-corrected chi connectivity index (χ4v) is 3.35. The van der Waals surface area contributed by atoms with Gasteiger partial charge in [0.05, 0.1) is 31.3 Å². The van der Waals surface area contributed by atoms with E-state index >= 15 is 0 Å². The molecule has 0 saturated heterocycles. The molecule has 0 aliphatic heterocycles. The maximum Gasteiger partial charge on any atom is 0.337 e. The fourth-order valence-electron chi connectivity index (χ4n) is 3.35. The Morgan fingerprint density at radius 1 is 0.970 bits per heavy atom. The summed E-state index contributed by atoms with van der Waals surface area (Å²) in [7, 11) is 1.31. The lowest BCUT2D eigenvalue weighted by atomic mass is 10.1. The number of aromatic amines is 1. The number of esters is 1. The van der Waals surface area contributed by atoms with Crippen LogP contribution in [0.2, 0.25) is 0 Å². The van der Waals surface area contributed by atoms with E-state index in [-0.39, 0.29) is 5.91 Å². The zero-order valence-electron chi connectivity index (χ0n) is 18.1. The van der Waals surface area contributed by atoms with Crippen LogP contribution in [0.5, 0.6) is 5.75 Å². The highest BCUT2D eigenvalue weighted by molar-refractivity contribution is 6.05. The van der Waals surface area contributed by atoms with Crippen molar-refractivity contribution >= 4 is 17.6 Å². The number of rotatable bonds is 8. The highest BCUT2D eigenvalue weighted by Crippen LogP contribution is 2.28. The second-order valence-electron chi connectivity index (χ2n) is 7.27. The summed E-state index contributed by atoms with van der Waals surface area (Å²) in [5.41, 5.74) is 4.23. The number of amides is 1. The fraction of sp³-hybridized carbons (Fsp3) is 0.115. The number of ether oxygens (including phenoxy) is 2. The number of hydrogen-bond donors (Lipinski definition) is 2. The van der Waals surface area contributed by atoms with E-state index in [1.807, 2.05) is 54.7 Å². The van der Waals surface area contributed by atoms with Gasteiger partial charge >= 0.3 is 5.97 Å². The highest BCUT2D eigenvalue weighted by atomic mass is 16.5. The van der Waals surface area contributed by atoms with Crippen molar-refractivity contribution in [3.63, 3.8) is 0 Å². The van der Waals surface area contributed by atoms with Crippen LogP contribution in [0, 0.1) is 0 Å². The molecule has 33 heavy (non-hydrogen) atoms. The molecule has 0 radical (unpaired) electrons. The van der Waals surface area contributed by atoms with Crippen molar-refractivity contribution in [3.8, 4) is 17.0 Å². The highest BCUT2D eigenvalue weighted by Gasteiger charge is 2.11. The van der Waals surface area contributed by atoms with Crippen molar-refractivity contribution < 1.29 is 19.1 Å². The lowest BCUT2D eigenvalue weighted by molar-refractivity contribution is 0.0600. The number of hydrogen-bond acceptors (Lipinski definition) is 5. The number of nitrogens with zero attached hydrogens (tertiary/aromatic N) is 1. The molecule has 0 bridgehead atoms. The maximum atomic E-state index is 12.5. The Morgan fingerprint density at radius 3 is 2.52 bits per heavy atom. The van der Waals surface area contributed by atoms with Gasteiger partial charge in [-0.1, -0.05) is 30.3 Å². The number of H-pyrrole nitrogens is 1. The van der Waals surface area contributed by atoms with Gasteiger partial charge in [-0.2, -0.15) is 0 Å². The first-order valence-electron chi connectivity index (χ1n) is 10.4. The molecule has 1 amide bonds. The molecule has 2 N–H and O–H groups in total. The third-order valence-electron chi connectivity index (χ3n) is 5.07. The van der Waals surface area contributed by atoms with E-state index < -0.39 is 5.97 Å². The van der Waals surface area contributed by atoms with E-state index in [1.54, 1.807) is 24.5 Å². The van der Waals surface area contributed by atoms with Crippen LogP contribution >= 0.6 is 0 Å². The predicted molar refractivity (Wildman–Crippen MR) is 125 cm³/mol. The van der Waals surface area contributed by atoms with Crippen molar-refractivity contribution in [2.45, 2.75) is 6.42 Å². The smallest absolute Gasteiger partial charge is 0.337 e. The number of carbonyl (C=O) groups excluding carboxylic acids is 2. The molecule has 3 aromatic carbocycles. The molecular formula is C26H23N3O4. The Kier molecular flexibility index (Phi) is 6.80. The first-order chi connectivity index (χ1) is 16.1. The number of aromatic nitrogens is 2. The van der Waals surface area contributed by atoms with Crippen LogP contribution < -0.4 is 10.1 Å². The van der Waals surface area contributed by atoms with Gasteiger partial charge in [-0.25, -0.2) is 9.78 Å². The Labute approximate surface area is 191 Å². The molecule has 0 spiro atoms. The first-order valence-corrected chi connectivity index (χ1v) is 10.4. The van der Waals surface area contributed by atoms with Crippen LogP contribution in [-0.2, 0) is 11.2 Å². The van der Waals surface area contributed by atoms with Crippen LogP contribution in [0.4, 0.5) is 5.69 Å². The molecule has 0 aliphatic rings. The molecule has 1 heterocycles. The lowest BCUT2D eigenvalue weighted by Gasteiger charge is -2.11. The molecule has 4 aromatic rings. The topological polar surface area (TPSA) is 93.3 Å². The summed E-state index contributed by atoms with van der Waals surface area (Å²) in [6.07, 6.45) is 4.19. The van der Waals surface area contributed by atoms with Crippen LogP contribution in [0.25, 0.3) is 11.3 Å². The van der Waals surface area contributed by atoms with Crippen molar-refractivity contribution in [3.05, 3.63) is 102 Å². The first kappa shape index (κ1) is 21.8. The number of carbonyl (C=O) groups is 2. The SMILES string of the molecule is COC(=O)c1cccc(C(=O)Nc2ccc(CCOc3ccccc3-c3c[nH]cn3)cc2)c1. The predicted octanol–water partition coefficient (Wildman–Crippen LogP) is 4.74. The quantitative estimate of drug-likeness (QED) is 0.385. The molecule has 7 nitrogen and oxygen atoms in total. The Balaban J connectivity index is 1.33. The summed E-state index contributed by atoms with van der Waals surface area (Å²) in [6.45, 7) is 0.507. The molecule has 4 rings (SSSR count). The van der Waals surface area contributed by atoms with E-state index in [4.69, 9.17) is 9.47 Å². The normalized spacial score (nSPS) is 10.5. The maximum absolute atomic E-state index is 12.5. The number of para-hydroxylation sites is 1. The summed E-state index contributed by atoms with van der Waals surface area (Å²) in [5, 5.41) is 2.84. The minimum Gasteiger partial charge on any atom is -0.493 e. The Hall–Kier alpha value is -4.39. The van der Waals surface area contributed by atoms with Crippen LogP contribution in [0.15, 0.2) is 85.3 Å². The van der Waals surface area contributed by atoms with Crippen molar-refractivity contribution in [1.29, 1.82) is 0 Å². The van der Waals surface area contributed by atoms with Crippen molar-refractivity contribution in [2.75, 3.05) is 19.0 Å². The zero-order chi connectivity index (χ0) is 23.0. The Bertz CT molecular complexity index is 1230. The average molecular weight is 441 g/mol. The molecule has 1 aromatic heterocycles. The van der Waals surface area contributed by atoms with Gasteiger partial charge in [0, 0.05) is 29.4 Å². The number of nitrogens with one attached hydrogen (secondary N) is 2. The van der Waals surface area contributed by atoms with Gasteiger partial charge < -0.3 is 19.8 Å². The molecule has 0 unspecified atom stereocenters. The minimum absolute atomic E-state index is 0.299. The molecule has 0 fully saturated rings. The second kappa shape index (κ2) is 10.3. The number of anilines is 1. The molecule has 0 saturated carbocycles. The number of imidazole rings is 1. The van der Waals surface area contributed by atoms with Gasteiger partial charge in [-0.15, -0.1) is 0 Å². The second-order valence-corrected chi connectivity index (χ2v) is 7.27. The standard InChI is InChI=1S/C26H23N3O4/c1-32-26(31)20-6-4-5-19(15-20)25(30)29-21-11-9-18(10-12-21)13-14-33-24-8-3-2-7-22(24)23-16-27-17-28-23/h2-12,15-17H,13-14H2,1H3,(H,27,28)(H,29,30). The summed E-state index contributed by atoms with van der Waals surface area (Å²) >= 11 is 0. The summed E-state index contributed by atoms with van der Waals surface area (Å²) < 4.78 is 10.7. The summed E-state index contributed by atoms with van der Waals surface area (Å²) in [5.74, 6) is -0.00214. The Morgan fingerprint density at radius 2 is 1.76 bits per heavy atom. The largest absolute Gasteiger partial charge is 0.493 e. The van der Waals surface area contributed by atoms with Gasteiger partial charge in [0.1, 0.15) is 5.75 Å². The van der Waals surface area contributed by atoms with Gasteiger partial charge in [-0.3, -0.25) is 4.79 Å². The van der Waals surface area contributed by atoms with E-state index in [9.17, 15) is 9.59 Å². The van der Waals surface area contributed by atoms with Crippen LogP contribution in [-0.4, -0.2) is 35.6 Å². The average Bonchev–Trinajstić information content (AvgIpc) is 3.40. The van der Waals surface area contributed by atoms with Crippen LogP contribution in [0.1, 0.15) is 26.3 Å². The molecule has 7 heteroatoms. The van der Waals surface area contributed by atoms with Crippen molar-refractivity contribution in [1.82, 2.24) is 9.97 Å². The van der Waals surface area contributed by atoms with E-state index in [1.165, 1.54) is 13.2 Å². The lowest BCUT2D eigenvalue weighted by Crippen LogP contribution is -2.13. The van der Waals surface area contributed by atoms with Gasteiger partial charge in [0.2, 0.25) is 0 Å². The molecule has 0 aliphatic carbocycles. The number of benzene rings is 3. The minimum atomic E-state index is -0.483. The van der Waals surface area contributed by atoms with Gasteiger partial charge in [-0.05, 0) is 48.0 Å². The molecule has 166 valence electrons. The van der Waals surface area contributed by atoms with Gasteiger partial charge in [0.15, 0.2) is 0 Å². The van der Waals surface area contributed by atoms with Crippen LogP contribution in [0.3, 0.4) is 0 Å². The van der Waals surface area contributed by atoms with E-state index in [0.29, 0.717) is 29.8 Å². The van der Waals surface area contributed by atoms with E-state index in [0.717, 1.165) is 22.6 Å². The number of methoxy groups -OCH3 is 1. The zero-order valence-corrected chi connectivity index (χ0v) is 18.1. The van der Waals surface area contributed by atoms with E-state index in [2.05, 4.69) is 15.3 Å². The monoisotopic (exact) mass is 441 g/mol. The summed E-state index contributed by atoms with van der Waals surface area (Å²) in [4.78, 5) is 31.5. The van der Waals surface area contributed by atoms with Crippen molar-refractivity contribution in [2.24, 2.45) is 0 Å². The molecule has 0 atom stereocenters. The third kappa shape index (κ3) is 5.46. The summed E-state index contributed by atoms with van der Waals surface area (Å²) in [6, 6.07) is 21.8. The third-order valence-corrected chi connectivity index (χ3v) is 5.07. The van der Waals surface area contributed by atoms with Gasteiger partial charge in [0.25, 0.3) is 5.91 Å².